The van der Waals surface area contributed by atoms with Crippen molar-refractivity contribution in [3.8, 4) is 11.5 Å². The van der Waals surface area contributed by atoms with Crippen molar-refractivity contribution in [3.63, 3.8) is 0 Å². The van der Waals surface area contributed by atoms with Gasteiger partial charge in [-0.15, -0.1) is 0 Å². The number of methoxy groups -OCH3 is 1. The Labute approximate surface area is 118 Å². The fourth-order valence-corrected chi connectivity index (χ4v) is 1.84. The van der Waals surface area contributed by atoms with Crippen LogP contribution in [0.5, 0.6) is 11.5 Å². The molecule has 2 aromatic rings. The van der Waals surface area contributed by atoms with E-state index >= 15 is 0 Å². The lowest BCUT2D eigenvalue weighted by Gasteiger charge is -2.10. The van der Waals surface area contributed by atoms with E-state index in [9.17, 15) is 4.79 Å². The lowest BCUT2D eigenvalue weighted by atomic mass is 10.2. The number of carbonyl (C=O) groups excluding carboxylic acids is 1. The fourth-order valence-electron chi connectivity index (χ4n) is 1.84. The van der Waals surface area contributed by atoms with E-state index in [0.717, 1.165) is 0 Å². The Balaban J connectivity index is 2.17. The standard InChI is InChI=1S/C16H17NO3/c1-3-20-13-8-6-7-12(11-13)16(18)17-14-9-4-5-10-15(14)19-2/h4-11H,3H2,1-2H3,(H,17,18). The molecule has 0 unspecified atom stereocenters. The number of carbonyl (C=O) groups is 1. The molecule has 1 amide bonds. The molecule has 0 saturated carbocycles. The highest BCUT2D eigenvalue weighted by molar-refractivity contribution is 6.05. The third-order valence-corrected chi connectivity index (χ3v) is 2.76. The van der Waals surface area contributed by atoms with Crippen LogP contribution in [-0.4, -0.2) is 19.6 Å². The van der Waals surface area contributed by atoms with Gasteiger partial charge in [0.2, 0.25) is 0 Å². The molecule has 1 N–H and O–H groups in total. The van der Waals surface area contributed by atoms with Crippen LogP contribution in [0.15, 0.2) is 48.5 Å². The molecule has 0 aromatic heterocycles. The SMILES string of the molecule is CCOc1cccc(C(=O)Nc2ccccc2OC)c1. The number of ether oxygens (including phenoxy) is 2. The molecule has 4 heteroatoms. The van der Waals surface area contributed by atoms with E-state index in [4.69, 9.17) is 9.47 Å². The maximum Gasteiger partial charge on any atom is 0.255 e. The van der Waals surface area contributed by atoms with Crippen LogP contribution in [0.1, 0.15) is 17.3 Å². The lowest BCUT2D eigenvalue weighted by Crippen LogP contribution is -2.12. The molecule has 0 aliphatic carbocycles. The molecular formula is C16H17NO3. The van der Waals surface area contributed by atoms with Crippen molar-refractivity contribution in [2.24, 2.45) is 0 Å². The van der Waals surface area contributed by atoms with Crippen LogP contribution in [0, 0.1) is 0 Å². The zero-order valence-corrected chi connectivity index (χ0v) is 11.6. The van der Waals surface area contributed by atoms with Crippen molar-refractivity contribution < 1.29 is 14.3 Å². The number of hydrogen-bond donors (Lipinski definition) is 1. The van der Waals surface area contributed by atoms with Gasteiger partial charge in [-0.25, -0.2) is 0 Å². The van der Waals surface area contributed by atoms with Gasteiger partial charge in [-0.3, -0.25) is 4.79 Å². The Morgan fingerprint density at radius 1 is 1.15 bits per heavy atom. The molecule has 4 nitrogen and oxygen atoms in total. The van der Waals surface area contributed by atoms with Crippen molar-refractivity contribution in [2.45, 2.75) is 6.92 Å². The molecule has 0 aliphatic heterocycles. The highest BCUT2D eigenvalue weighted by Gasteiger charge is 2.09. The number of anilines is 1. The maximum absolute atomic E-state index is 12.2. The summed E-state index contributed by atoms with van der Waals surface area (Å²) in [6.45, 7) is 2.47. The minimum Gasteiger partial charge on any atom is -0.495 e. The van der Waals surface area contributed by atoms with Gasteiger partial charge in [0.15, 0.2) is 0 Å². The summed E-state index contributed by atoms with van der Waals surface area (Å²) >= 11 is 0. The summed E-state index contributed by atoms with van der Waals surface area (Å²) in [6.07, 6.45) is 0. The van der Waals surface area contributed by atoms with E-state index in [1.807, 2.05) is 25.1 Å². The van der Waals surface area contributed by atoms with Gasteiger partial charge in [-0.05, 0) is 37.3 Å². The zero-order valence-electron chi connectivity index (χ0n) is 11.6. The van der Waals surface area contributed by atoms with Gasteiger partial charge in [0.05, 0.1) is 19.4 Å². The van der Waals surface area contributed by atoms with Crippen LogP contribution in [0.2, 0.25) is 0 Å². The van der Waals surface area contributed by atoms with E-state index in [1.165, 1.54) is 0 Å². The van der Waals surface area contributed by atoms with Gasteiger partial charge >= 0.3 is 0 Å². The van der Waals surface area contributed by atoms with Crippen LogP contribution in [0.3, 0.4) is 0 Å². The number of para-hydroxylation sites is 2. The molecule has 0 radical (unpaired) electrons. The average molecular weight is 271 g/mol. The largest absolute Gasteiger partial charge is 0.495 e. The molecule has 0 saturated heterocycles. The molecule has 0 bridgehead atoms. The number of rotatable bonds is 5. The minimum atomic E-state index is -0.198. The van der Waals surface area contributed by atoms with Crippen molar-refractivity contribution >= 4 is 11.6 Å². The highest BCUT2D eigenvalue weighted by atomic mass is 16.5. The summed E-state index contributed by atoms with van der Waals surface area (Å²) in [5, 5.41) is 2.83. The Bertz CT molecular complexity index is 596. The molecule has 2 rings (SSSR count). The maximum atomic E-state index is 12.2. The summed E-state index contributed by atoms with van der Waals surface area (Å²) < 4.78 is 10.6. The Morgan fingerprint density at radius 3 is 2.70 bits per heavy atom. The average Bonchev–Trinajstić information content (AvgIpc) is 2.48. The number of benzene rings is 2. The molecule has 0 heterocycles. The van der Waals surface area contributed by atoms with Gasteiger partial charge in [0.25, 0.3) is 5.91 Å². The molecule has 0 fully saturated rings. The molecular weight excluding hydrogens is 254 g/mol. The van der Waals surface area contributed by atoms with E-state index in [2.05, 4.69) is 5.32 Å². The summed E-state index contributed by atoms with van der Waals surface area (Å²) in [5.74, 6) is 1.11. The first-order chi connectivity index (χ1) is 9.74. The quantitative estimate of drug-likeness (QED) is 0.907. The van der Waals surface area contributed by atoms with E-state index in [0.29, 0.717) is 29.4 Å². The van der Waals surface area contributed by atoms with E-state index in [-0.39, 0.29) is 5.91 Å². The van der Waals surface area contributed by atoms with Crippen molar-refractivity contribution in [3.05, 3.63) is 54.1 Å². The highest BCUT2D eigenvalue weighted by Crippen LogP contribution is 2.24. The van der Waals surface area contributed by atoms with Crippen LogP contribution in [0.25, 0.3) is 0 Å². The Morgan fingerprint density at radius 2 is 1.95 bits per heavy atom. The molecule has 104 valence electrons. The second-order valence-corrected chi connectivity index (χ2v) is 4.12. The first-order valence-corrected chi connectivity index (χ1v) is 6.42. The first kappa shape index (κ1) is 13.9. The third-order valence-electron chi connectivity index (χ3n) is 2.76. The monoisotopic (exact) mass is 271 g/mol. The summed E-state index contributed by atoms with van der Waals surface area (Å²) in [6, 6.07) is 14.4. The smallest absolute Gasteiger partial charge is 0.255 e. The number of amides is 1. The van der Waals surface area contributed by atoms with Gasteiger partial charge in [0.1, 0.15) is 11.5 Å². The summed E-state index contributed by atoms with van der Waals surface area (Å²) in [4.78, 5) is 12.2. The lowest BCUT2D eigenvalue weighted by molar-refractivity contribution is 0.102. The Kier molecular flexibility index (Phi) is 4.60. The van der Waals surface area contributed by atoms with E-state index < -0.39 is 0 Å². The molecule has 0 spiro atoms. The molecule has 2 aromatic carbocycles. The third kappa shape index (κ3) is 3.29. The second kappa shape index (κ2) is 6.61. The summed E-state index contributed by atoms with van der Waals surface area (Å²) in [5.41, 5.74) is 1.18. The van der Waals surface area contributed by atoms with Crippen molar-refractivity contribution in [2.75, 3.05) is 19.0 Å². The van der Waals surface area contributed by atoms with Gasteiger partial charge in [-0.2, -0.15) is 0 Å². The normalized spacial score (nSPS) is 9.90. The van der Waals surface area contributed by atoms with Gasteiger partial charge in [-0.1, -0.05) is 18.2 Å². The van der Waals surface area contributed by atoms with Crippen LogP contribution in [-0.2, 0) is 0 Å². The first-order valence-electron chi connectivity index (χ1n) is 6.42. The van der Waals surface area contributed by atoms with Crippen molar-refractivity contribution in [1.82, 2.24) is 0 Å². The predicted octanol–water partition coefficient (Wildman–Crippen LogP) is 3.35. The Hall–Kier alpha value is -2.49. The van der Waals surface area contributed by atoms with Gasteiger partial charge in [0, 0.05) is 5.56 Å². The summed E-state index contributed by atoms with van der Waals surface area (Å²) in [7, 11) is 1.57. The predicted molar refractivity (Wildman–Crippen MR) is 78.6 cm³/mol. The van der Waals surface area contributed by atoms with E-state index in [1.54, 1.807) is 37.4 Å². The second-order valence-electron chi connectivity index (χ2n) is 4.12. The number of hydrogen-bond acceptors (Lipinski definition) is 3. The molecule has 0 aliphatic rings. The molecule has 20 heavy (non-hydrogen) atoms. The topological polar surface area (TPSA) is 47.6 Å². The van der Waals surface area contributed by atoms with Crippen LogP contribution in [0.4, 0.5) is 5.69 Å². The minimum absolute atomic E-state index is 0.198. The van der Waals surface area contributed by atoms with Crippen LogP contribution < -0.4 is 14.8 Å². The number of nitrogens with one attached hydrogen (secondary N) is 1. The van der Waals surface area contributed by atoms with Crippen LogP contribution >= 0.6 is 0 Å². The fraction of sp³-hybridized carbons (Fsp3) is 0.188. The van der Waals surface area contributed by atoms with Crippen molar-refractivity contribution in [1.29, 1.82) is 0 Å². The molecule has 0 atom stereocenters. The van der Waals surface area contributed by atoms with Gasteiger partial charge < -0.3 is 14.8 Å². The zero-order chi connectivity index (χ0) is 14.4.